The summed E-state index contributed by atoms with van der Waals surface area (Å²) in [5.41, 5.74) is 8.17. The summed E-state index contributed by atoms with van der Waals surface area (Å²) in [6.45, 7) is 0.449. The van der Waals surface area contributed by atoms with Gasteiger partial charge in [0.05, 0.1) is 11.2 Å². The standard InChI is InChI=1S/C23H21N5O/c24-22(29)23(15-17-7-11-25-12-8-17,27-16-18-9-13-26-14-10-18)21-6-5-19-3-1-2-4-20(19)28-21/h1-14,27H,15-16H2,(H2,24,29). The molecule has 29 heavy (non-hydrogen) atoms. The van der Waals surface area contributed by atoms with Crippen LogP contribution < -0.4 is 11.1 Å². The normalized spacial score (nSPS) is 13.1. The molecule has 1 amide bonds. The number of primary amides is 1. The Hall–Kier alpha value is -3.64. The lowest BCUT2D eigenvalue weighted by Crippen LogP contribution is -2.54. The average Bonchev–Trinajstić information content (AvgIpc) is 2.77. The molecule has 0 aliphatic rings. The van der Waals surface area contributed by atoms with Crippen molar-refractivity contribution in [3.63, 3.8) is 0 Å². The van der Waals surface area contributed by atoms with E-state index in [9.17, 15) is 4.79 Å². The Labute approximate surface area is 168 Å². The number of hydrogen-bond donors (Lipinski definition) is 2. The quantitative estimate of drug-likeness (QED) is 0.512. The van der Waals surface area contributed by atoms with E-state index in [4.69, 9.17) is 10.7 Å². The summed E-state index contributed by atoms with van der Waals surface area (Å²) in [6, 6.07) is 19.2. The molecule has 0 saturated heterocycles. The molecule has 0 radical (unpaired) electrons. The summed E-state index contributed by atoms with van der Waals surface area (Å²) < 4.78 is 0. The smallest absolute Gasteiger partial charge is 0.244 e. The van der Waals surface area contributed by atoms with E-state index in [0.717, 1.165) is 22.0 Å². The maximum Gasteiger partial charge on any atom is 0.244 e. The number of benzene rings is 1. The highest BCUT2D eigenvalue weighted by Gasteiger charge is 2.40. The van der Waals surface area contributed by atoms with Crippen molar-refractivity contribution in [1.29, 1.82) is 0 Å². The molecule has 0 saturated carbocycles. The van der Waals surface area contributed by atoms with Gasteiger partial charge in [-0.2, -0.15) is 0 Å². The van der Waals surface area contributed by atoms with Crippen LogP contribution in [0.1, 0.15) is 16.8 Å². The predicted molar refractivity (Wildman–Crippen MR) is 112 cm³/mol. The molecule has 1 unspecified atom stereocenters. The first-order valence-corrected chi connectivity index (χ1v) is 9.36. The van der Waals surface area contributed by atoms with E-state index < -0.39 is 11.4 Å². The molecule has 4 rings (SSSR count). The molecular formula is C23H21N5O. The van der Waals surface area contributed by atoms with Crippen LogP contribution in [0.2, 0.25) is 0 Å². The number of rotatable bonds is 7. The molecule has 6 nitrogen and oxygen atoms in total. The second kappa shape index (κ2) is 8.16. The van der Waals surface area contributed by atoms with E-state index in [1.165, 1.54) is 0 Å². The molecule has 3 N–H and O–H groups in total. The minimum atomic E-state index is -1.17. The minimum Gasteiger partial charge on any atom is -0.368 e. The SMILES string of the molecule is NC(=O)C(Cc1ccncc1)(NCc1ccncc1)c1ccc2ccccc2n1. The maximum atomic E-state index is 12.9. The Morgan fingerprint density at radius 3 is 2.21 bits per heavy atom. The first-order chi connectivity index (χ1) is 14.2. The van der Waals surface area contributed by atoms with E-state index in [-0.39, 0.29) is 0 Å². The van der Waals surface area contributed by atoms with Crippen molar-refractivity contribution in [2.24, 2.45) is 5.73 Å². The topological polar surface area (TPSA) is 93.8 Å². The fourth-order valence-corrected chi connectivity index (χ4v) is 3.41. The Balaban J connectivity index is 1.79. The van der Waals surface area contributed by atoms with Gasteiger partial charge in [-0.1, -0.05) is 24.3 Å². The summed E-state index contributed by atoms with van der Waals surface area (Å²) >= 11 is 0. The molecule has 1 aromatic carbocycles. The molecule has 144 valence electrons. The van der Waals surface area contributed by atoms with Gasteiger partial charge in [0.25, 0.3) is 0 Å². The Bertz CT molecular complexity index is 1120. The maximum absolute atomic E-state index is 12.9. The number of aromatic nitrogens is 3. The van der Waals surface area contributed by atoms with Gasteiger partial charge in [0, 0.05) is 43.1 Å². The van der Waals surface area contributed by atoms with Crippen LogP contribution in [0, 0.1) is 0 Å². The molecule has 0 spiro atoms. The van der Waals surface area contributed by atoms with E-state index >= 15 is 0 Å². The van der Waals surface area contributed by atoms with Crippen molar-refractivity contribution in [2.45, 2.75) is 18.5 Å². The van der Waals surface area contributed by atoms with Crippen molar-refractivity contribution >= 4 is 16.8 Å². The third-order valence-corrected chi connectivity index (χ3v) is 5.02. The van der Waals surface area contributed by atoms with Gasteiger partial charge in [0.15, 0.2) is 0 Å². The first-order valence-electron chi connectivity index (χ1n) is 9.36. The zero-order valence-corrected chi connectivity index (χ0v) is 15.8. The van der Waals surface area contributed by atoms with Crippen LogP contribution in [-0.2, 0) is 23.3 Å². The second-order valence-electron chi connectivity index (χ2n) is 6.90. The van der Waals surface area contributed by atoms with E-state index in [0.29, 0.717) is 18.7 Å². The third kappa shape index (κ3) is 3.97. The fraction of sp³-hybridized carbons (Fsp3) is 0.130. The number of pyridine rings is 3. The summed E-state index contributed by atoms with van der Waals surface area (Å²) in [5, 5.41) is 4.40. The molecule has 0 fully saturated rings. The summed E-state index contributed by atoms with van der Waals surface area (Å²) in [4.78, 5) is 25.8. The van der Waals surface area contributed by atoms with E-state index in [2.05, 4.69) is 15.3 Å². The number of nitrogens with two attached hydrogens (primary N) is 1. The molecule has 1 atom stereocenters. The lowest BCUT2D eigenvalue weighted by atomic mass is 9.85. The highest BCUT2D eigenvalue weighted by molar-refractivity contribution is 5.87. The van der Waals surface area contributed by atoms with Crippen LogP contribution in [0.5, 0.6) is 0 Å². The number of para-hydroxylation sites is 1. The summed E-state index contributed by atoms with van der Waals surface area (Å²) in [6.07, 6.45) is 7.22. The monoisotopic (exact) mass is 383 g/mol. The summed E-state index contributed by atoms with van der Waals surface area (Å²) in [5.74, 6) is -0.480. The van der Waals surface area contributed by atoms with Gasteiger partial charge < -0.3 is 5.73 Å². The lowest BCUT2D eigenvalue weighted by Gasteiger charge is -2.32. The van der Waals surface area contributed by atoms with Crippen molar-refractivity contribution in [1.82, 2.24) is 20.3 Å². The highest BCUT2D eigenvalue weighted by Crippen LogP contribution is 2.27. The number of carbonyl (C=O) groups excluding carboxylic acids is 1. The number of fused-ring (bicyclic) bond motifs is 1. The highest BCUT2D eigenvalue weighted by atomic mass is 16.1. The van der Waals surface area contributed by atoms with Crippen LogP contribution in [-0.4, -0.2) is 20.9 Å². The Morgan fingerprint density at radius 2 is 1.52 bits per heavy atom. The summed E-state index contributed by atoms with van der Waals surface area (Å²) in [7, 11) is 0. The predicted octanol–water partition coefficient (Wildman–Crippen LogP) is 2.74. The largest absolute Gasteiger partial charge is 0.368 e. The van der Waals surface area contributed by atoms with Crippen LogP contribution in [0.15, 0.2) is 85.5 Å². The minimum absolute atomic E-state index is 0.362. The zero-order chi connectivity index (χ0) is 20.1. The average molecular weight is 383 g/mol. The molecule has 0 bridgehead atoms. The zero-order valence-electron chi connectivity index (χ0n) is 15.8. The molecule has 0 aliphatic carbocycles. The van der Waals surface area contributed by atoms with Crippen LogP contribution in [0.25, 0.3) is 10.9 Å². The van der Waals surface area contributed by atoms with Crippen LogP contribution >= 0.6 is 0 Å². The fourth-order valence-electron chi connectivity index (χ4n) is 3.41. The number of hydrogen-bond acceptors (Lipinski definition) is 5. The molecule has 6 heteroatoms. The van der Waals surface area contributed by atoms with Gasteiger partial charge in [-0.15, -0.1) is 0 Å². The van der Waals surface area contributed by atoms with E-state index in [1.807, 2.05) is 60.7 Å². The van der Waals surface area contributed by atoms with E-state index in [1.54, 1.807) is 24.8 Å². The van der Waals surface area contributed by atoms with Crippen molar-refractivity contribution < 1.29 is 4.79 Å². The third-order valence-electron chi connectivity index (χ3n) is 5.02. The molecule has 4 aromatic rings. The van der Waals surface area contributed by atoms with Crippen molar-refractivity contribution in [2.75, 3.05) is 0 Å². The Morgan fingerprint density at radius 1 is 0.862 bits per heavy atom. The van der Waals surface area contributed by atoms with Crippen LogP contribution in [0.4, 0.5) is 0 Å². The second-order valence-corrected chi connectivity index (χ2v) is 6.90. The molecule has 3 heterocycles. The van der Waals surface area contributed by atoms with Gasteiger partial charge in [0.2, 0.25) is 5.91 Å². The number of carbonyl (C=O) groups is 1. The Kier molecular flexibility index (Phi) is 5.27. The number of nitrogens with zero attached hydrogens (tertiary/aromatic N) is 3. The molecule has 3 aromatic heterocycles. The molecular weight excluding hydrogens is 362 g/mol. The van der Waals surface area contributed by atoms with Crippen molar-refractivity contribution in [3.8, 4) is 0 Å². The van der Waals surface area contributed by atoms with Gasteiger partial charge in [0.1, 0.15) is 5.54 Å². The van der Waals surface area contributed by atoms with Gasteiger partial charge >= 0.3 is 0 Å². The lowest BCUT2D eigenvalue weighted by molar-refractivity contribution is -0.125. The van der Waals surface area contributed by atoms with Crippen LogP contribution in [0.3, 0.4) is 0 Å². The number of amides is 1. The van der Waals surface area contributed by atoms with Gasteiger partial charge in [-0.25, -0.2) is 0 Å². The molecule has 0 aliphatic heterocycles. The van der Waals surface area contributed by atoms with Gasteiger partial charge in [-0.3, -0.25) is 25.1 Å². The number of nitrogens with one attached hydrogen (secondary N) is 1. The van der Waals surface area contributed by atoms with Crippen molar-refractivity contribution in [3.05, 3.63) is 102 Å². The van der Waals surface area contributed by atoms with Gasteiger partial charge in [-0.05, 0) is 47.5 Å². The first kappa shape index (κ1) is 18.7.